The molecule has 0 aliphatic carbocycles. The van der Waals surface area contributed by atoms with Gasteiger partial charge in [-0.3, -0.25) is 8.42 Å². The topological polar surface area (TPSA) is 34.1 Å². The van der Waals surface area contributed by atoms with Crippen LogP contribution in [0, 0.1) is 0 Å². The SMILES string of the molecule is O=S(P)(c1ccccc1)(c1ccccc1)c1c2ccccc2c(S(=O)(P)(c2ccccc2)c2ccccc2)c2ccccc12. The van der Waals surface area contributed by atoms with E-state index >= 15 is 8.42 Å². The van der Waals surface area contributed by atoms with Gasteiger partial charge in [-0.25, -0.2) is 0 Å². The fraction of sp³-hybridized carbons (Fsp3) is 0. The van der Waals surface area contributed by atoms with Gasteiger partial charge in [0.25, 0.3) is 0 Å². The van der Waals surface area contributed by atoms with Crippen LogP contribution in [0.25, 0.3) is 21.5 Å². The Morgan fingerprint density at radius 1 is 0.295 bits per heavy atom. The van der Waals surface area contributed by atoms with Crippen molar-refractivity contribution < 1.29 is 8.42 Å². The van der Waals surface area contributed by atoms with Crippen molar-refractivity contribution in [2.75, 3.05) is 0 Å². The third-order valence-corrected chi connectivity index (χ3v) is 20.5. The molecule has 0 saturated heterocycles. The molecular weight excluding hydrogens is 614 g/mol. The number of hydrogen-bond donors (Lipinski definition) is 0. The summed E-state index contributed by atoms with van der Waals surface area (Å²) >= 11 is 0. The summed E-state index contributed by atoms with van der Waals surface area (Å²) in [6.45, 7) is 0. The molecule has 0 amide bonds. The minimum absolute atomic E-state index is 0.707. The number of fused-ring (bicyclic) bond motifs is 2. The first-order valence-electron chi connectivity index (χ1n) is 14.3. The molecular formula is C38H32O2P2S2. The van der Waals surface area contributed by atoms with Crippen molar-refractivity contribution >= 4 is 55.8 Å². The maximum atomic E-state index is 16.5. The summed E-state index contributed by atoms with van der Waals surface area (Å²) in [5.74, 6) is 0. The molecule has 0 heterocycles. The lowest BCUT2D eigenvalue weighted by atomic mass is 10.0. The molecule has 2 atom stereocenters. The summed E-state index contributed by atoms with van der Waals surface area (Å²) in [5, 5.41) is 3.20. The van der Waals surface area contributed by atoms with Gasteiger partial charge in [-0.1, -0.05) is 138 Å². The van der Waals surface area contributed by atoms with Gasteiger partial charge in [-0.15, -0.1) is 0 Å². The first-order valence-corrected chi connectivity index (χ1v) is 21.2. The summed E-state index contributed by atoms with van der Waals surface area (Å²) in [4.78, 5) is 4.24. The van der Waals surface area contributed by atoms with Crippen LogP contribution in [0.15, 0.2) is 199 Å². The Labute approximate surface area is 262 Å². The Balaban J connectivity index is 1.77. The van der Waals surface area contributed by atoms with Gasteiger partial charge >= 0.3 is 0 Å². The lowest BCUT2D eigenvalue weighted by Gasteiger charge is -2.44. The van der Waals surface area contributed by atoms with Crippen LogP contribution < -0.4 is 0 Å². The van der Waals surface area contributed by atoms with E-state index in [4.69, 9.17) is 0 Å². The molecule has 0 N–H and O–H groups in total. The average molecular weight is 647 g/mol. The van der Waals surface area contributed by atoms with Gasteiger partial charge < -0.3 is 0 Å². The molecule has 7 aromatic rings. The van der Waals surface area contributed by atoms with E-state index in [0.717, 1.165) is 21.5 Å². The fourth-order valence-corrected chi connectivity index (χ4v) is 16.6. The molecule has 0 spiro atoms. The fourth-order valence-electron chi connectivity index (χ4n) is 6.43. The second kappa shape index (κ2) is 10.4. The number of rotatable bonds is 6. The molecule has 44 heavy (non-hydrogen) atoms. The lowest BCUT2D eigenvalue weighted by molar-refractivity contribution is 0.665. The highest BCUT2D eigenvalue weighted by Crippen LogP contribution is 2.64. The quantitative estimate of drug-likeness (QED) is 0.133. The predicted molar refractivity (Wildman–Crippen MR) is 193 cm³/mol. The van der Waals surface area contributed by atoms with Crippen molar-refractivity contribution in [2.24, 2.45) is 0 Å². The van der Waals surface area contributed by atoms with Gasteiger partial charge in [0.1, 0.15) is 0 Å². The van der Waals surface area contributed by atoms with Crippen LogP contribution in [0.1, 0.15) is 0 Å². The van der Waals surface area contributed by atoms with Crippen molar-refractivity contribution in [1.29, 1.82) is 0 Å². The summed E-state index contributed by atoms with van der Waals surface area (Å²) in [6, 6.07) is 54.8. The second-order valence-electron chi connectivity index (χ2n) is 11.0. The number of benzene rings is 7. The Bertz CT molecular complexity index is 2000. The van der Waals surface area contributed by atoms with Crippen LogP contribution in [0.4, 0.5) is 0 Å². The van der Waals surface area contributed by atoms with Crippen LogP contribution in [0.2, 0.25) is 0 Å². The second-order valence-corrected chi connectivity index (χ2v) is 23.1. The minimum Gasteiger partial charge on any atom is -0.265 e. The number of hydrogen-bond acceptors (Lipinski definition) is 2. The van der Waals surface area contributed by atoms with Gasteiger partial charge in [0, 0.05) is 29.4 Å². The molecule has 0 aliphatic heterocycles. The standard InChI is InChI=1S/C38H32O2P2S2/c39-43(41,29-17-5-1-6-18-29,30-19-7-2-8-20-30)37-33-25-13-15-27-35(33)38(36-28-16-14-26-34(36)37)44(40,42,31-21-9-3-10-22-31)32-23-11-4-12-24-32/h1-28H,41-42H2. The van der Waals surface area contributed by atoms with Crippen LogP contribution in [0.3, 0.4) is 0 Å². The molecule has 0 bridgehead atoms. The van der Waals surface area contributed by atoms with Gasteiger partial charge in [0.2, 0.25) is 0 Å². The largest absolute Gasteiger partial charge is 0.265 e. The Hall–Kier alpha value is -3.78. The highest BCUT2D eigenvalue weighted by Gasteiger charge is 2.46. The molecule has 218 valence electrons. The minimum atomic E-state index is -4.07. The molecule has 0 saturated carbocycles. The van der Waals surface area contributed by atoms with Gasteiger partial charge in [0.05, 0.1) is 0 Å². The van der Waals surface area contributed by atoms with Crippen LogP contribution in [-0.2, 0) is 17.4 Å². The van der Waals surface area contributed by atoms with E-state index in [9.17, 15) is 0 Å². The smallest absolute Gasteiger partial charge is 0.0443 e. The maximum Gasteiger partial charge on any atom is 0.0443 e. The van der Waals surface area contributed by atoms with E-state index in [-0.39, 0.29) is 0 Å². The Morgan fingerprint density at radius 3 is 0.682 bits per heavy atom. The monoisotopic (exact) mass is 646 g/mol. The normalized spacial score (nSPS) is 14.0. The summed E-state index contributed by atoms with van der Waals surface area (Å²) in [5.41, 5.74) is 0. The first kappa shape index (κ1) is 29.0. The van der Waals surface area contributed by atoms with E-state index in [1.165, 1.54) is 0 Å². The maximum absolute atomic E-state index is 16.5. The molecule has 6 heteroatoms. The zero-order valence-electron chi connectivity index (χ0n) is 24.0. The molecule has 0 fully saturated rings. The van der Waals surface area contributed by atoms with Crippen molar-refractivity contribution in [3.63, 3.8) is 0 Å². The van der Waals surface area contributed by atoms with E-state index in [0.29, 0.717) is 29.4 Å². The highest BCUT2D eigenvalue weighted by atomic mass is 32.8. The van der Waals surface area contributed by atoms with Gasteiger partial charge in [0.15, 0.2) is 0 Å². The highest BCUT2D eigenvalue weighted by molar-refractivity contribution is 8.58. The van der Waals surface area contributed by atoms with Crippen LogP contribution in [-0.4, -0.2) is 8.42 Å². The van der Waals surface area contributed by atoms with Crippen molar-refractivity contribution in [3.8, 4) is 0 Å². The average Bonchev–Trinajstić information content (AvgIpc) is 3.08. The molecule has 7 rings (SSSR count). The van der Waals surface area contributed by atoms with E-state index < -0.39 is 17.4 Å². The molecule has 0 aromatic heterocycles. The van der Waals surface area contributed by atoms with Gasteiger partial charge in [-0.2, -0.15) is 0 Å². The molecule has 0 radical (unpaired) electrons. The van der Waals surface area contributed by atoms with Crippen molar-refractivity contribution in [2.45, 2.75) is 29.4 Å². The van der Waals surface area contributed by atoms with E-state index in [1.807, 2.05) is 170 Å². The van der Waals surface area contributed by atoms with Crippen molar-refractivity contribution in [1.82, 2.24) is 0 Å². The summed E-state index contributed by atoms with van der Waals surface area (Å²) < 4.78 is 33.0. The van der Waals surface area contributed by atoms with Gasteiger partial charge in [-0.05, 0) is 87.4 Å². The molecule has 2 unspecified atom stereocenters. The zero-order chi connectivity index (χ0) is 30.5. The predicted octanol–water partition coefficient (Wildman–Crippen LogP) is 10.2. The molecule has 0 aliphatic rings. The van der Waals surface area contributed by atoms with Crippen molar-refractivity contribution in [3.05, 3.63) is 170 Å². The van der Waals surface area contributed by atoms with E-state index in [1.54, 1.807) is 0 Å². The van der Waals surface area contributed by atoms with E-state index in [2.05, 4.69) is 16.9 Å². The first-order chi connectivity index (χ1) is 21.2. The summed E-state index contributed by atoms with van der Waals surface area (Å²) in [7, 11) is -2.46. The molecule has 7 aromatic carbocycles. The third-order valence-electron chi connectivity index (χ3n) is 8.49. The third kappa shape index (κ3) is 4.06. The Kier molecular flexibility index (Phi) is 6.85. The summed E-state index contributed by atoms with van der Waals surface area (Å²) in [6.07, 6.45) is 0. The lowest BCUT2D eigenvalue weighted by Crippen LogP contribution is -2.29. The Morgan fingerprint density at radius 2 is 0.477 bits per heavy atom. The zero-order valence-corrected chi connectivity index (χ0v) is 27.9. The van der Waals surface area contributed by atoms with Crippen LogP contribution >= 0.6 is 16.9 Å². The molecule has 2 nitrogen and oxygen atoms in total. The van der Waals surface area contributed by atoms with Crippen LogP contribution in [0.5, 0.6) is 0 Å².